The van der Waals surface area contributed by atoms with Gasteiger partial charge >= 0.3 is 0 Å². The number of hydrogen-bond acceptors (Lipinski definition) is 1. The Labute approximate surface area is 96.2 Å². The van der Waals surface area contributed by atoms with Crippen molar-refractivity contribution in [1.29, 1.82) is 0 Å². The van der Waals surface area contributed by atoms with Gasteiger partial charge in [-0.15, -0.1) is 0 Å². The zero-order chi connectivity index (χ0) is 11.0. The first-order valence-electron chi connectivity index (χ1n) is 6.09. The van der Waals surface area contributed by atoms with Gasteiger partial charge in [-0.2, -0.15) is 0 Å². The van der Waals surface area contributed by atoms with E-state index in [2.05, 4.69) is 24.3 Å². The van der Waals surface area contributed by atoms with E-state index in [0.717, 1.165) is 12.8 Å². The number of hydrogen-bond donors (Lipinski definition) is 0. The van der Waals surface area contributed by atoms with Crippen LogP contribution in [0.1, 0.15) is 24.8 Å². The third kappa shape index (κ3) is 1.71. The van der Waals surface area contributed by atoms with Crippen LogP contribution in [0.15, 0.2) is 36.4 Å². The van der Waals surface area contributed by atoms with Gasteiger partial charge in [-0.3, -0.25) is 4.79 Å². The normalized spacial score (nSPS) is 32.8. The van der Waals surface area contributed by atoms with Gasteiger partial charge in [0.25, 0.3) is 0 Å². The topological polar surface area (TPSA) is 17.1 Å². The fourth-order valence-corrected chi connectivity index (χ4v) is 3.16. The van der Waals surface area contributed by atoms with E-state index >= 15 is 0 Å². The highest BCUT2D eigenvalue weighted by atomic mass is 16.1. The number of fused-ring (bicyclic) bond motifs is 2. The van der Waals surface area contributed by atoms with E-state index in [1.165, 1.54) is 12.0 Å². The Morgan fingerprint density at radius 1 is 1.12 bits per heavy atom. The van der Waals surface area contributed by atoms with Gasteiger partial charge in [-0.25, -0.2) is 0 Å². The SMILES string of the molecule is O=C1C[C@H]2C[C@H](/C=C/c3ccccc3)[C@H]1C2. The van der Waals surface area contributed by atoms with E-state index in [9.17, 15) is 4.79 Å². The van der Waals surface area contributed by atoms with E-state index in [4.69, 9.17) is 0 Å². The molecule has 0 aromatic heterocycles. The van der Waals surface area contributed by atoms with Gasteiger partial charge in [0, 0.05) is 12.3 Å². The second-order valence-electron chi connectivity index (χ2n) is 5.05. The zero-order valence-corrected chi connectivity index (χ0v) is 9.30. The Morgan fingerprint density at radius 3 is 2.62 bits per heavy atom. The molecule has 82 valence electrons. The van der Waals surface area contributed by atoms with Gasteiger partial charge in [0.15, 0.2) is 0 Å². The number of carbonyl (C=O) groups is 1. The molecule has 16 heavy (non-hydrogen) atoms. The van der Waals surface area contributed by atoms with Crippen LogP contribution in [0.3, 0.4) is 0 Å². The Hall–Kier alpha value is -1.37. The van der Waals surface area contributed by atoms with E-state index < -0.39 is 0 Å². The lowest BCUT2D eigenvalue weighted by Crippen LogP contribution is -2.17. The molecule has 2 bridgehead atoms. The lowest BCUT2D eigenvalue weighted by atomic mass is 9.87. The molecule has 0 spiro atoms. The van der Waals surface area contributed by atoms with Crippen molar-refractivity contribution in [2.75, 3.05) is 0 Å². The second-order valence-corrected chi connectivity index (χ2v) is 5.05. The molecular formula is C15H16O. The summed E-state index contributed by atoms with van der Waals surface area (Å²) in [4.78, 5) is 11.6. The van der Waals surface area contributed by atoms with Gasteiger partial charge in [0.05, 0.1) is 0 Å². The van der Waals surface area contributed by atoms with E-state index in [1.54, 1.807) is 0 Å². The van der Waals surface area contributed by atoms with E-state index in [0.29, 0.717) is 23.5 Å². The van der Waals surface area contributed by atoms with Crippen LogP contribution in [0.5, 0.6) is 0 Å². The lowest BCUT2D eigenvalue weighted by Gasteiger charge is -2.16. The molecule has 0 N–H and O–H groups in total. The molecule has 1 aromatic rings. The molecule has 2 aliphatic carbocycles. The Bertz CT molecular complexity index is 418. The molecule has 0 saturated heterocycles. The summed E-state index contributed by atoms with van der Waals surface area (Å²) in [6, 6.07) is 10.3. The predicted molar refractivity (Wildman–Crippen MR) is 64.8 cm³/mol. The summed E-state index contributed by atoms with van der Waals surface area (Å²) in [5.74, 6) is 2.03. The van der Waals surface area contributed by atoms with Crippen LogP contribution in [0.4, 0.5) is 0 Å². The summed E-state index contributed by atoms with van der Waals surface area (Å²) in [7, 11) is 0. The van der Waals surface area contributed by atoms with Gasteiger partial charge in [-0.1, -0.05) is 42.5 Å². The van der Waals surface area contributed by atoms with Crippen molar-refractivity contribution >= 4 is 11.9 Å². The molecule has 3 rings (SSSR count). The van der Waals surface area contributed by atoms with Gasteiger partial charge in [0.2, 0.25) is 0 Å². The number of ketones is 1. The summed E-state index contributed by atoms with van der Waals surface area (Å²) >= 11 is 0. The van der Waals surface area contributed by atoms with Crippen LogP contribution < -0.4 is 0 Å². The fourth-order valence-electron chi connectivity index (χ4n) is 3.16. The number of carbonyl (C=O) groups excluding carboxylic acids is 1. The summed E-state index contributed by atoms with van der Waals surface area (Å²) in [5, 5.41) is 0. The Balaban J connectivity index is 1.72. The molecule has 0 heterocycles. The van der Waals surface area contributed by atoms with Crippen LogP contribution in [0.25, 0.3) is 6.08 Å². The molecule has 0 amide bonds. The van der Waals surface area contributed by atoms with Crippen molar-refractivity contribution in [2.24, 2.45) is 17.8 Å². The summed E-state index contributed by atoms with van der Waals surface area (Å²) in [5.41, 5.74) is 1.23. The number of rotatable bonds is 2. The Morgan fingerprint density at radius 2 is 1.94 bits per heavy atom. The molecule has 0 unspecified atom stereocenters. The quantitative estimate of drug-likeness (QED) is 0.735. The molecule has 2 fully saturated rings. The van der Waals surface area contributed by atoms with Crippen LogP contribution in [0.2, 0.25) is 0 Å². The first-order valence-corrected chi connectivity index (χ1v) is 6.09. The monoisotopic (exact) mass is 212 g/mol. The second kappa shape index (κ2) is 3.89. The highest BCUT2D eigenvalue weighted by molar-refractivity contribution is 5.85. The Kier molecular flexibility index (Phi) is 2.39. The van der Waals surface area contributed by atoms with Crippen molar-refractivity contribution in [2.45, 2.75) is 19.3 Å². The maximum Gasteiger partial charge on any atom is 0.136 e. The summed E-state index contributed by atoms with van der Waals surface area (Å²) in [6.45, 7) is 0. The van der Waals surface area contributed by atoms with E-state index in [1.807, 2.05) is 18.2 Å². The van der Waals surface area contributed by atoms with Crippen molar-refractivity contribution in [3.63, 3.8) is 0 Å². The van der Waals surface area contributed by atoms with Gasteiger partial charge in [0.1, 0.15) is 5.78 Å². The summed E-state index contributed by atoms with van der Waals surface area (Å²) in [6.07, 6.45) is 7.62. The average molecular weight is 212 g/mol. The first kappa shape index (κ1) is 9.83. The zero-order valence-electron chi connectivity index (χ0n) is 9.30. The fraction of sp³-hybridized carbons (Fsp3) is 0.400. The highest BCUT2D eigenvalue weighted by Crippen LogP contribution is 2.46. The number of Topliss-reactive ketones (excluding diaryl/α,β-unsaturated/α-hetero) is 1. The van der Waals surface area contributed by atoms with Crippen molar-refractivity contribution in [3.8, 4) is 0 Å². The number of benzene rings is 1. The van der Waals surface area contributed by atoms with Crippen molar-refractivity contribution < 1.29 is 4.79 Å². The standard InChI is InChI=1S/C15H16O/c16-15-10-12-8-13(14(15)9-12)7-6-11-4-2-1-3-5-11/h1-7,12-14H,8-10H2/b7-6+/t12-,13-,14+/m0/s1. The molecule has 0 radical (unpaired) electrons. The first-order chi connectivity index (χ1) is 7.83. The minimum absolute atomic E-state index is 0.338. The van der Waals surface area contributed by atoms with Crippen LogP contribution in [-0.2, 0) is 4.79 Å². The molecule has 1 aromatic carbocycles. The minimum atomic E-state index is 0.338. The number of allylic oxidation sites excluding steroid dienone is 1. The lowest BCUT2D eigenvalue weighted by molar-refractivity contribution is -0.122. The molecule has 1 heteroatoms. The van der Waals surface area contributed by atoms with Crippen LogP contribution in [-0.4, -0.2) is 5.78 Å². The third-order valence-corrected chi connectivity index (χ3v) is 3.95. The maximum absolute atomic E-state index is 11.6. The average Bonchev–Trinajstić information content (AvgIpc) is 2.86. The largest absolute Gasteiger partial charge is 0.299 e. The van der Waals surface area contributed by atoms with Crippen LogP contribution in [0, 0.1) is 17.8 Å². The molecule has 3 atom stereocenters. The van der Waals surface area contributed by atoms with Gasteiger partial charge in [-0.05, 0) is 30.2 Å². The molecule has 0 aliphatic heterocycles. The van der Waals surface area contributed by atoms with Crippen LogP contribution >= 0.6 is 0 Å². The molecule has 2 aliphatic rings. The smallest absolute Gasteiger partial charge is 0.136 e. The minimum Gasteiger partial charge on any atom is -0.299 e. The molecule has 2 saturated carbocycles. The molecular weight excluding hydrogens is 196 g/mol. The molecule has 1 nitrogen and oxygen atoms in total. The third-order valence-electron chi connectivity index (χ3n) is 3.95. The van der Waals surface area contributed by atoms with E-state index in [-0.39, 0.29) is 0 Å². The highest BCUT2D eigenvalue weighted by Gasteiger charge is 2.44. The summed E-state index contributed by atoms with van der Waals surface area (Å²) < 4.78 is 0. The van der Waals surface area contributed by atoms with Gasteiger partial charge < -0.3 is 0 Å². The van der Waals surface area contributed by atoms with Crippen molar-refractivity contribution in [3.05, 3.63) is 42.0 Å². The predicted octanol–water partition coefficient (Wildman–Crippen LogP) is 3.32. The maximum atomic E-state index is 11.6. The van der Waals surface area contributed by atoms with Crippen molar-refractivity contribution in [1.82, 2.24) is 0 Å².